The molecule has 0 bridgehead atoms. The highest BCUT2D eigenvalue weighted by molar-refractivity contribution is 7.90. The van der Waals surface area contributed by atoms with Crippen LogP contribution in [0.3, 0.4) is 0 Å². The number of nitrogens with zero attached hydrogens (tertiary/aromatic N) is 4. The number of sulfonamides is 1. The lowest BCUT2D eigenvalue weighted by molar-refractivity contribution is 0.474. The molecule has 0 saturated heterocycles. The summed E-state index contributed by atoms with van der Waals surface area (Å²) in [5.41, 5.74) is 0.354. The van der Waals surface area contributed by atoms with Crippen LogP contribution in [0.15, 0.2) is 37.7 Å². The Morgan fingerprint density at radius 1 is 1.41 bits per heavy atom. The number of benzene rings is 1. The van der Waals surface area contributed by atoms with Crippen molar-refractivity contribution >= 4 is 21.7 Å². The molecule has 1 aromatic rings. The summed E-state index contributed by atoms with van der Waals surface area (Å²) in [5.74, 6) is 0.0231. The smallest absolute Gasteiger partial charge is 0.287 e. The maximum atomic E-state index is 11.8. The maximum Gasteiger partial charge on any atom is 0.287 e. The number of anilines is 1. The number of rotatable bonds is 0. The van der Waals surface area contributed by atoms with Gasteiger partial charge in [-0.3, -0.25) is 4.90 Å². The van der Waals surface area contributed by atoms with Gasteiger partial charge in [0, 0.05) is 6.07 Å². The molecule has 0 fully saturated rings. The number of aromatic hydroxyl groups is 1. The monoisotopic (exact) mass is 252 g/mol. The number of azo groups is 1. The van der Waals surface area contributed by atoms with E-state index in [-0.39, 0.29) is 22.8 Å². The van der Waals surface area contributed by atoms with Crippen molar-refractivity contribution in [1.29, 1.82) is 0 Å². The minimum Gasteiger partial charge on any atom is -0.508 e. The van der Waals surface area contributed by atoms with E-state index in [0.29, 0.717) is 5.69 Å². The molecule has 2 heterocycles. The predicted octanol–water partition coefficient (Wildman–Crippen LogP) is 1.07. The Morgan fingerprint density at radius 2 is 2.18 bits per heavy atom. The average molecular weight is 252 g/mol. The van der Waals surface area contributed by atoms with Gasteiger partial charge < -0.3 is 5.11 Å². The molecule has 0 aliphatic carbocycles. The third-order valence-electron chi connectivity index (χ3n) is 2.59. The largest absolute Gasteiger partial charge is 0.508 e. The Balaban J connectivity index is 2.33. The van der Waals surface area contributed by atoms with Crippen molar-refractivity contribution < 1.29 is 13.5 Å². The Hall–Kier alpha value is -1.96. The van der Waals surface area contributed by atoms with E-state index in [1.807, 2.05) is 0 Å². The van der Waals surface area contributed by atoms with Gasteiger partial charge in [0.2, 0.25) is 0 Å². The normalized spacial score (nSPS) is 24.2. The van der Waals surface area contributed by atoms with Crippen LogP contribution < -0.4 is 4.90 Å². The van der Waals surface area contributed by atoms with Crippen LogP contribution in [0, 0.1) is 0 Å². The number of hydrogen-bond donors (Lipinski definition) is 1. The van der Waals surface area contributed by atoms with E-state index >= 15 is 0 Å². The minimum atomic E-state index is -3.75. The van der Waals surface area contributed by atoms with Gasteiger partial charge in [-0.05, 0) is 19.1 Å². The van der Waals surface area contributed by atoms with Gasteiger partial charge in [0.25, 0.3) is 16.0 Å². The molecule has 2 aliphatic heterocycles. The van der Waals surface area contributed by atoms with Crippen LogP contribution in [-0.2, 0) is 10.0 Å². The molecule has 0 radical (unpaired) electrons. The molecular weight excluding hydrogens is 244 g/mol. The van der Waals surface area contributed by atoms with Crippen LogP contribution in [-0.4, -0.2) is 25.6 Å². The topological polar surface area (TPSA) is 94.7 Å². The zero-order chi connectivity index (χ0) is 12.2. The number of guanidine groups is 1. The number of fused-ring (bicyclic) bond motifs is 3. The van der Waals surface area contributed by atoms with Gasteiger partial charge in [-0.1, -0.05) is 0 Å². The fourth-order valence-electron chi connectivity index (χ4n) is 1.84. The molecule has 3 rings (SSSR count). The highest BCUT2D eigenvalue weighted by atomic mass is 32.2. The summed E-state index contributed by atoms with van der Waals surface area (Å²) in [4.78, 5) is 1.62. The van der Waals surface area contributed by atoms with E-state index in [1.165, 1.54) is 18.2 Å². The first-order chi connectivity index (χ1) is 7.99. The van der Waals surface area contributed by atoms with E-state index in [4.69, 9.17) is 0 Å². The van der Waals surface area contributed by atoms with Crippen molar-refractivity contribution in [2.24, 2.45) is 14.6 Å². The minimum absolute atomic E-state index is 0.0145. The number of phenols is 1. The van der Waals surface area contributed by atoms with E-state index in [2.05, 4.69) is 14.6 Å². The van der Waals surface area contributed by atoms with Gasteiger partial charge in [-0.2, -0.15) is 13.5 Å². The molecule has 8 heteroatoms. The zero-order valence-electron chi connectivity index (χ0n) is 8.77. The van der Waals surface area contributed by atoms with E-state index in [9.17, 15) is 13.5 Å². The predicted molar refractivity (Wildman–Crippen MR) is 59.5 cm³/mol. The molecule has 0 spiro atoms. The van der Waals surface area contributed by atoms with Crippen LogP contribution in [0.4, 0.5) is 5.69 Å². The third-order valence-corrected chi connectivity index (χ3v) is 3.89. The quantitative estimate of drug-likeness (QED) is 0.747. The molecule has 1 aromatic carbocycles. The first-order valence-electron chi connectivity index (χ1n) is 4.87. The lowest BCUT2D eigenvalue weighted by Crippen LogP contribution is -2.36. The van der Waals surface area contributed by atoms with Crippen LogP contribution in [0.25, 0.3) is 0 Å². The first-order valence-corrected chi connectivity index (χ1v) is 6.31. The van der Waals surface area contributed by atoms with Gasteiger partial charge >= 0.3 is 0 Å². The zero-order valence-corrected chi connectivity index (χ0v) is 9.59. The molecule has 0 aromatic heterocycles. The molecule has 7 nitrogen and oxygen atoms in total. The van der Waals surface area contributed by atoms with Gasteiger partial charge in [0.1, 0.15) is 16.8 Å². The van der Waals surface area contributed by atoms with Gasteiger partial charge in [0.05, 0.1) is 5.69 Å². The highest BCUT2D eigenvalue weighted by Crippen LogP contribution is 2.37. The van der Waals surface area contributed by atoms with Crippen LogP contribution in [0.1, 0.15) is 6.92 Å². The standard InChI is InChI=1S/C9H8N4O3S/c1-5-10-11-9-12-17(15,16)8-3-2-6(14)4-7(8)13(5)9/h2-5,14H,1H3. The summed E-state index contributed by atoms with van der Waals surface area (Å²) in [5, 5.41) is 17.0. The van der Waals surface area contributed by atoms with Crippen LogP contribution in [0.5, 0.6) is 5.75 Å². The average Bonchev–Trinajstić information content (AvgIpc) is 2.58. The highest BCUT2D eigenvalue weighted by Gasteiger charge is 2.36. The molecule has 1 unspecified atom stereocenters. The van der Waals surface area contributed by atoms with Crippen molar-refractivity contribution in [3.63, 3.8) is 0 Å². The molecule has 88 valence electrons. The summed E-state index contributed by atoms with van der Waals surface area (Å²) in [7, 11) is -3.75. The Morgan fingerprint density at radius 3 is 2.94 bits per heavy atom. The number of hydrogen-bond acceptors (Lipinski definition) is 6. The molecule has 1 N–H and O–H groups in total. The molecular formula is C9H8N4O3S. The first kappa shape index (κ1) is 10.2. The van der Waals surface area contributed by atoms with Crippen molar-refractivity contribution in [1.82, 2.24) is 0 Å². The summed E-state index contributed by atoms with van der Waals surface area (Å²) >= 11 is 0. The molecule has 0 amide bonds. The van der Waals surface area contributed by atoms with Crippen LogP contribution in [0.2, 0.25) is 0 Å². The molecule has 0 saturated carbocycles. The Labute approximate surface area is 97.2 Å². The second-order valence-corrected chi connectivity index (χ2v) is 5.31. The van der Waals surface area contributed by atoms with Crippen molar-refractivity contribution in [2.45, 2.75) is 18.0 Å². The lowest BCUT2D eigenvalue weighted by Gasteiger charge is -2.25. The van der Waals surface area contributed by atoms with Crippen molar-refractivity contribution in [3.05, 3.63) is 18.2 Å². The molecule has 17 heavy (non-hydrogen) atoms. The molecule has 2 aliphatic rings. The summed E-state index contributed by atoms with van der Waals surface area (Å²) < 4.78 is 27.2. The fourth-order valence-corrected chi connectivity index (χ4v) is 2.94. The van der Waals surface area contributed by atoms with E-state index in [1.54, 1.807) is 11.8 Å². The van der Waals surface area contributed by atoms with Gasteiger partial charge in [-0.25, -0.2) is 0 Å². The summed E-state index contributed by atoms with van der Waals surface area (Å²) in [6.07, 6.45) is -0.329. The lowest BCUT2D eigenvalue weighted by atomic mass is 10.2. The van der Waals surface area contributed by atoms with E-state index < -0.39 is 10.0 Å². The van der Waals surface area contributed by atoms with Gasteiger partial charge in [-0.15, -0.1) is 9.51 Å². The summed E-state index contributed by atoms with van der Waals surface area (Å²) in [6.45, 7) is 1.76. The maximum absolute atomic E-state index is 11.8. The third kappa shape index (κ3) is 1.34. The second kappa shape index (κ2) is 3.04. The van der Waals surface area contributed by atoms with Gasteiger partial charge in [0.15, 0.2) is 0 Å². The van der Waals surface area contributed by atoms with Crippen molar-refractivity contribution in [2.75, 3.05) is 4.90 Å². The Kier molecular flexibility index (Phi) is 1.82. The molecule has 1 atom stereocenters. The van der Waals surface area contributed by atoms with Crippen molar-refractivity contribution in [3.8, 4) is 5.75 Å². The second-order valence-electron chi connectivity index (χ2n) is 3.74. The SMILES string of the molecule is CC1N=NC2=NS(=O)(=O)c3ccc(O)cc3N21. The van der Waals surface area contributed by atoms with Crippen LogP contribution >= 0.6 is 0 Å². The van der Waals surface area contributed by atoms with E-state index in [0.717, 1.165) is 0 Å². The summed E-state index contributed by atoms with van der Waals surface area (Å²) in [6, 6.07) is 4.01. The number of phenolic OH excluding ortho intramolecular Hbond substituents is 1. The Bertz CT molecular complexity index is 665. The fraction of sp³-hybridized carbons (Fsp3) is 0.222.